The van der Waals surface area contributed by atoms with Crippen LogP contribution in [0, 0.1) is 0 Å². The lowest BCUT2D eigenvalue weighted by Crippen LogP contribution is -2.46. The van der Waals surface area contributed by atoms with Crippen LogP contribution in [0.25, 0.3) is 10.6 Å². The topological polar surface area (TPSA) is 98.2 Å². The molecule has 2 aromatic rings. The number of fused-ring (bicyclic) bond motifs is 1. The van der Waals surface area contributed by atoms with Gasteiger partial charge in [-0.3, -0.25) is 9.59 Å². The standard InChI is InChI=1S/C17H16N2O6S/c20-15(21)6-11-8-19(3-4-23-11)17(22)14-7-18-16(26-14)10-1-2-12-13(5-10)25-9-24-12/h1-2,5,7,11H,3-4,6,8-9H2,(H,20,21)/t11-/m1/s1. The predicted octanol–water partition coefficient (Wildman–Crippen LogP) is 1.85. The summed E-state index contributed by atoms with van der Waals surface area (Å²) < 4.78 is 16.1. The van der Waals surface area contributed by atoms with E-state index in [0.717, 1.165) is 5.56 Å². The molecule has 0 saturated carbocycles. The Hall–Kier alpha value is -2.65. The van der Waals surface area contributed by atoms with E-state index in [-0.39, 0.29) is 25.7 Å². The lowest BCUT2D eigenvalue weighted by atomic mass is 10.2. The number of hydrogen-bond donors (Lipinski definition) is 1. The first-order chi connectivity index (χ1) is 12.6. The third-order valence-corrected chi connectivity index (χ3v) is 5.20. The van der Waals surface area contributed by atoms with Crippen LogP contribution in [-0.2, 0) is 9.53 Å². The van der Waals surface area contributed by atoms with Crippen molar-refractivity contribution in [2.24, 2.45) is 0 Å². The van der Waals surface area contributed by atoms with Crippen molar-refractivity contribution in [3.05, 3.63) is 29.3 Å². The maximum atomic E-state index is 12.7. The normalized spacial score (nSPS) is 18.8. The van der Waals surface area contributed by atoms with Crippen molar-refractivity contribution in [2.75, 3.05) is 26.5 Å². The lowest BCUT2D eigenvalue weighted by molar-refractivity contribution is -0.141. The smallest absolute Gasteiger partial charge is 0.306 e. The van der Waals surface area contributed by atoms with Crippen molar-refractivity contribution in [3.63, 3.8) is 0 Å². The Labute approximate surface area is 152 Å². The Morgan fingerprint density at radius 3 is 3.00 bits per heavy atom. The van der Waals surface area contributed by atoms with Gasteiger partial charge in [0.15, 0.2) is 11.5 Å². The molecule has 0 aliphatic carbocycles. The van der Waals surface area contributed by atoms with Gasteiger partial charge in [0.05, 0.1) is 25.3 Å². The van der Waals surface area contributed by atoms with Gasteiger partial charge in [-0.1, -0.05) is 0 Å². The number of carbonyl (C=O) groups excluding carboxylic acids is 1. The molecule has 3 heterocycles. The van der Waals surface area contributed by atoms with Gasteiger partial charge in [-0.15, -0.1) is 11.3 Å². The molecule has 9 heteroatoms. The molecule has 4 rings (SSSR count). The van der Waals surface area contributed by atoms with E-state index in [2.05, 4.69) is 4.98 Å². The number of nitrogens with zero attached hydrogens (tertiary/aromatic N) is 2. The van der Waals surface area contributed by atoms with Crippen LogP contribution in [-0.4, -0.2) is 59.5 Å². The largest absolute Gasteiger partial charge is 0.481 e. The van der Waals surface area contributed by atoms with Gasteiger partial charge >= 0.3 is 5.97 Å². The van der Waals surface area contributed by atoms with Crippen molar-refractivity contribution in [2.45, 2.75) is 12.5 Å². The third kappa shape index (κ3) is 3.35. The first-order valence-corrected chi connectivity index (χ1v) is 8.90. The number of aromatic nitrogens is 1. The Balaban J connectivity index is 1.49. The fourth-order valence-corrected chi connectivity index (χ4v) is 3.79. The van der Waals surface area contributed by atoms with Crippen molar-refractivity contribution in [3.8, 4) is 22.1 Å². The Morgan fingerprint density at radius 1 is 1.31 bits per heavy atom. The molecule has 26 heavy (non-hydrogen) atoms. The van der Waals surface area contributed by atoms with Crippen LogP contribution in [0.3, 0.4) is 0 Å². The van der Waals surface area contributed by atoms with E-state index < -0.39 is 12.1 Å². The van der Waals surface area contributed by atoms with Gasteiger partial charge in [0, 0.05) is 18.7 Å². The summed E-state index contributed by atoms with van der Waals surface area (Å²) in [5.74, 6) is 0.259. The summed E-state index contributed by atoms with van der Waals surface area (Å²) >= 11 is 1.29. The molecule has 0 bridgehead atoms. The number of amides is 1. The molecule has 1 N–H and O–H groups in total. The van der Waals surface area contributed by atoms with E-state index in [0.29, 0.717) is 34.5 Å². The highest BCUT2D eigenvalue weighted by Crippen LogP contribution is 2.37. The van der Waals surface area contributed by atoms with Gasteiger partial charge in [-0.25, -0.2) is 4.98 Å². The molecular weight excluding hydrogens is 360 g/mol. The van der Waals surface area contributed by atoms with Crippen LogP contribution >= 0.6 is 11.3 Å². The Morgan fingerprint density at radius 2 is 2.15 bits per heavy atom. The molecule has 0 unspecified atom stereocenters. The van der Waals surface area contributed by atoms with Crippen molar-refractivity contribution >= 4 is 23.2 Å². The summed E-state index contributed by atoms with van der Waals surface area (Å²) in [5, 5.41) is 9.60. The van der Waals surface area contributed by atoms with E-state index in [1.54, 1.807) is 11.1 Å². The third-order valence-electron chi connectivity index (χ3n) is 4.16. The number of thiazole rings is 1. The van der Waals surface area contributed by atoms with E-state index in [1.165, 1.54) is 11.3 Å². The van der Waals surface area contributed by atoms with E-state index in [1.807, 2.05) is 18.2 Å². The maximum Gasteiger partial charge on any atom is 0.306 e. The minimum atomic E-state index is -0.938. The highest BCUT2D eigenvalue weighted by atomic mass is 32.1. The molecule has 8 nitrogen and oxygen atoms in total. The van der Waals surface area contributed by atoms with Gasteiger partial charge in [-0.05, 0) is 18.2 Å². The summed E-state index contributed by atoms with van der Waals surface area (Å²) in [7, 11) is 0. The van der Waals surface area contributed by atoms with Crippen LogP contribution in [0.1, 0.15) is 16.1 Å². The van der Waals surface area contributed by atoms with Crippen molar-refractivity contribution in [1.82, 2.24) is 9.88 Å². The zero-order valence-electron chi connectivity index (χ0n) is 13.7. The average Bonchev–Trinajstić information content (AvgIpc) is 3.29. The van der Waals surface area contributed by atoms with Crippen molar-refractivity contribution < 1.29 is 28.9 Å². The number of morpholine rings is 1. The van der Waals surface area contributed by atoms with Gasteiger partial charge in [0.1, 0.15) is 9.88 Å². The van der Waals surface area contributed by atoms with Crippen molar-refractivity contribution in [1.29, 1.82) is 0 Å². The number of rotatable bonds is 4. The molecule has 2 aliphatic rings. The van der Waals surface area contributed by atoms with E-state index in [4.69, 9.17) is 19.3 Å². The summed E-state index contributed by atoms with van der Waals surface area (Å²) in [5.41, 5.74) is 0.851. The zero-order chi connectivity index (χ0) is 18.1. The number of aliphatic carboxylic acids is 1. The molecule has 2 aliphatic heterocycles. The van der Waals surface area contributed by atoms with Crippen LogP contribution < -0.4 is 9.47 Å². The second kappa shape index (κ2) is 6.93. The van der Waals surface area contributed by atoms with Gasteiger partial charge in [0.2, 0.25) is 6.79 Å². The second-order valence-electron chi connectivity index (χ2n) is 5.94. The van der Waals surface area contributed by atoms with E-state index in [9.17, 15) is 9.59 Å². The Bertz CT molecular complexity index is 852. The number of benzene rings is 1. The fourth-order valence-electron chi connectivity index (χ4n) is 2.91. The molecule has 0 spiro atoms. The number of hydrogen-bond acceptors (Lipinski definition) is 7. The SMILES string of the molecule is O=C(O)C[C@@H]1CN(C(=O)c2cnc(-c3ccc4c(c3)OCO4)s2)CCO1. The summed E-state index contributed by atoms with van der Waals surface area (Å²) in [6.07, 6.45) is 0.954. The molecule has 1 aromatic carbocycles. The molecule has 1 saturated heterocycles. The molecular formula is C17H16N2O6S. The first-order valence-electron chi connectivity index (χ1n) is 8.08. The summed E-state index contributed by atoms with van der Waals surface area (Å²) in [6.45, 7) is 1.24. The molecule has 1 fully saturated rings. The highest BCUT2D eigenvalue weighted by molar-refractivity contribution is 7.16. The minimum Gasteiger partial charge on any atom is -0.481 e. The van der Waals surface area contributed by atoms with Gasteiger partial charge in [0.25, 0.3) is 5.91 Å². The summed E-state index contributed by atoms with van der Waals surface area (Å²) in [6, 6.07) is 5.53. The van der Waals surface area contributed by atoms with Crippen LogP contribution in [0.2, 0.25) is 0 Å². The maximum absolute atomic E-state index is 12.7. The zero-order valence-corrected chi connectivity index (χ0v) is 14.5. The predicted molar refractivity (Wildman–Crippen MR) is 91.6 cm³/mol. The molecule has 1 atom stereocenters. The number of ether oxygens (including phenoxy) is 3. The highest BCUT2D eigenvalue weighted by Gasteiger charge is 2.28. The average molecular weight is 376 g/mol. The summed E-state index contributed by atoms with van der Waals surface area (Å²) in [4.78, 5) is 30.0. The number of carboxylic acid groups (broad SMARTS) is 1. The van der Waals surface area contributed by atoms with Gasteiger partial charge < -0.3 is 24.2 Å². The number of carboxylic acids is 1. The molecule has 136 valence electrons. The Kier molecular flexibility index (Phi) is 4.48. The fraction of sp³-hybridized carbons (Fsp3) is 0.353. The minimum absolute atomic E-state index is 0.116. The van der Waals surface area contributed by atoms with E-state index >= 15 is 0 Å². The molecule has 0 radical (unpaired) electrons. The van der Waals surface area contributed by atoms with Gasteiger partial charge in [-0.2, -0.15) is 0 Å². The molecule has 1 amide bonds. The number of carbonyl (C=O) groups is 2. The first kappa shape index (κ1) is 16.8. The monoisotopic (exact) mass is 376 g/mol. The van der Waals surface area contributed by atoms with Crippen LogP contribution in [0.15, 0.2) is 24.4 Å². The molecule has 1 aromatic heterocycles. The lowest BCUT2D eigenvalue weighted by Gasteiger charge is -2.31. The quantitative estimate of drug-likeness (QED) is 0.869. The second-order valence-corrected chi connectivity index (χ2v) is 6.97. The van der Waals surface area contributed by atoms with Crippen LogP contribution in [0.5, 0.6) is 11.5 Å². The van der Waals surface area contributed by atoms with Crippen LogP contribution in [0.4, 0.5) is 0 Å².